The highest BCUT2D eigenvalue weighted by molar-refractivity contribution is 9.10. The van der Waals surface area contributed by atoms with Crippen molar-refractivity contribution < 1.29 is 4.74 Å². The van der Waals surface area contributed by atoms with Crippen LogP contribution < -0.4 is 4.74 Å². The van der Waals surface area contributed by atoms with E-state index in [0.29, 0.717) is 0 Å². The van der Waals surface area contributed by atoms with Crippen molar-refractivity contribution in [1.82, 2.24) is 4.90 Å². The van der Waals surface area contributed by atoms with Gasteiger partial charge in [0.15, 0.2) is 0 Å². The summed E-state index contributed by atoms with van der Waals surface area (Å²) in [5.74, 6) is 1.78. The second kappa shape index (κ2) is 7.65. The molecule has 1 atom stereocenters. The van der Waals surface area contributed by atoms with E-state index in [0.717, 1.165) is 23.5 Å². The smallest absolute Gasteiger partial charge is 0.119 e. The molecule has 0 aromatic heterocycles. The molecule has 0 bridgehead atoms. The van der Waals surface area contributed by atoms with Gasteiger partial charge in [-0.25, -0.2) is 0 Å². The molecule has 106 valence electrons. The first-order valence-corrected chi connectivity index (χ1v) is 8.75. The maximum absolute atomic E-state index is 5.31. The number of methoxy groups -OCH3 is 1. The molecule has 1 aliphatic heterocycles. The Morgan fingerprint density at radius 2 is 2.26 bits per heavy atom. The molecule has 1 heterocycles. The lowest BCUT2D eigenvalue weighted by Gasteiger charge is -2.32. The molecule has 2 nitrogen and oxygen atoms in total. The van der Waals surface area contributed by atoms with Crippen molar-refractivity contribution in [3.05, 3.63) is 28.2 Å². The Kier molecular flexibility index (Phi) is 6.17. The minimum Gasteiger partial charge on any atom is -0.497 e. The molecule has 4 heteroatoms. The summed E-state index contributed by atoms with van der Waals surface area (Å²) in [5.41, 5.74) is 1.32. The third-order valence-electron chi connectivity index (χ3n) is 3.77. The molecule has 1 aliphatic rings. The monoisotopic (exact) mass is 389 g/mol. The fourth-order valence-electron chi connectivity index (χ4n) is 2.72. The number of nitrogens with zero attached hydrogens (tertiary/aromatic N) is 1. The van der Waals surface area contributed by atoms with Gasteiger partial charge in [0.2, 0.25) is 0 Å². The van der Waals surface area contributed by atoms with Crippen LogP contribution in [-0.2, 0) is 6.54 Å². The second-order valence-electron chi connectivity index (χ2n) is 5.18. The number of piperidine rings is 1. The Hall–Kier alpha value is -0.0600. The van der Waals surface area contributed by atoms with Crippen molar-refractivity contribution >= 4 is 31.9 Å². The van der Waals surface area contributed by atoms with Gasteiger partial charge in [0, 0.05) is 22.9 Å². The Balaban J connectivity index is 2.00. The van der Waals surface area contributed by atoms with Crippen molar-refractivity contribution in [1.29, 1.82) is 0 Å². The van der Waals surface area contributed by atoms with Gasteiger partial charge in [0.25, 0.3) is 0 Å². The lowest BCUT2D eigenvalue weighted by Crippen LogP contribution is -2.35. The molecule has 2 rings (SSSR count). The molecule has 0 radical (unpaired) electrons. The van der Waals surface area contributed by atoms with Crippen LogP contribution in [0.25, 0.3) is 0 Å². The third-order valence-corrected chi connectivity index (χ3v) is 5.00. The molecule has 1 fully saturated rings. The highest BCUT2D eigenvalue weighted by Gasteiger charge is 2.20. The van der Waals surface area contributed by atoms with E-state index in [1.807, 2.05) is 6.07 Å². The minimum absolute atomic E-state index is 0.845. The molecule has 1 saturated heterocycles. The van der Waals surface area contributed by atoms with Crippen LogP contribution in [0.2, 0.25) is 0 Å². The number of hydrogen-bond acceptors (Lipinski definition) is 2. The normalized spacial score (nSPS) is 20.5. The fraction of sp³-hybridized carbons (Fsp3) is 0.600. The average molecular weight is 391 g/mol. The maximum Gasteiger partial charge on any atom is 0.119 e. The van der Waals surface area contributed by atoms with E-state index in [1.54, 1.807) is 7.11 Å². The molecule has 19 heavy (non-hydrogen) atoms. The standard InChI is InChI=1S/C15H21Br2NO/c1-19-14-4-5-15(17)13(9-14)11-18-8-2-3-12(10-18)6-7-16/h4-5,9,12H,2-3,6-8,10-11H2,1H3. The van der Waals surface area contributed by atoms with Gasteiger partial charge in [-0.1, -0.05) is 31.9 Å². The summed E-state index contributed by atoms with van der Waals surface area (Å²) in [4.78, 5) is 2.57. The van der Waals surface area contributed by atoms with Gasteiger partial charge in [0.05, 0.1) is 7.11 Å². The summed E-state index contributed by atoms with van der Waals surface area (Å²) in [5, 5.41) is 1.12. The van der Waals surface area contributed by atoms with Crippen molar-refractivity contribution in [2.75, 3.05) is 25.5 Å². The van der Waals surface area contributed by atoms with Crippen molar-refractivity contribution in [3.8, 4) is 5.75 Å². The number of halogens is 2. The van der Waals surface area contributed by atoms with Gasteiger partial charge in [0.1, 0.15) is 5.75 Å². The van der Waals surface area contributed by atoms with Crippen LogP contribution in [0.3, 0.4) is 0 Å². The fourth-order valence-corrected chi connectivity index (χ4v) is 3.74. The van der Waals surface area contributed by atoms with E-state index in [4.69, 9.17) is 4.74 Å². The van der Waals surface area contributed by atoms with Crippen molar-refractivity contribution in [2.45, 2.75) is 25.8 Å². The first-order valence-electron chi connectivity index (χ1n) is 6.83. The quantitative estimate of drug-likeness (QED) is 0.688. The first kappa shape index (κ1) is 15.3. The van der Waals surface area contributed by atoms with Crippen molar-refractivity contribution in [2.24, 2.45) is 5.92 Å². The number of ether oxygens (including phenoxy) is 1. The average Bonchev–Trinajstić information content (AvgIpc) is 2.42. The van der Waals surface area contributed by atoms with Crippen LogP contribution in [0.4, 0.5) is 0 Å². The number of likely N-dealkylation sites (tertiary alicyclic amines) is 1. The van der Waals surface area contributed by atoms with Crippen LogP contribution in [0.15, 0.2) is 22.7 Å². The van der Waals surface area contributed by atoms with E-state index in [2.05, 4.69) is 48.9 Å². The highest BCUT2D eigenvalue weighted by atomic mass is 79.9. The largest absolute Gasteiger partial charge is 0.497 e. The van der Waals surface area contributed by atoms with Crippen LogP contribution in [-0.4, -0.2) is 30.4 Å². The zero-order valence-electron chi connectivity index (χ0n) is 11.4. The summed E-state index contributed by atoms with van der Waals surface area (Å²) >= 11 is 7.20. The molecule has 0 spiro atoms. The molecule has 1 aromatic carbocycles. The van der Waals surface area contributed by atoms with Crippen LogP contribution >= 0.6 is 31.9 Å². The third kappa shape index (κ3) is 4.47. The summed E-state index contributed by atoms with van der Waals surface area (Å²) < 4.78 is 6.49. The van der Waals surface area contributed by atoms with Crippen LogP contribution in [0.1, 0.15) is 24.8 Å². The highest BCUT2D eigenvalue weighted by Crippen LogP contribution is 2.27. The molecule has 1 unspecified atom stereocenters. The van der Waals surface area contributed by atoms with Gasteiger partial charge in [-0.2, -0.15) is 0 Å². The molecule has 1 aromatic rings. The lowest BCUT2D eigenvalue weighted by atomic mass is 9.95. The number of alkyl halides is 1. The topological polar surface area (TPSA) is 12.5 Å². The minimum atomic E-state index is 0.845. The summed E-state index contributed by atoms with van der Waals surface area (Å²) in [6.07, 6.45) is 3.98. The van der Waals surface area contributed by atoms with Crippen molar-refractivity contribution in [3.63, 3.8) is 0 Å². The zero-order chi connectivity index (χ0) is 13.7. The van der Waals surface area contributed by atoms with Crippen LogP contribution in [0, 0.1) is 5.92 Å². The summed E-state index contributed by atoms with van der Waals surface area (Å²) in [7, 11) is 1.72. The molecule has 0 amide bonds. The number of hydrogen-bond donors (Lipinski definition) is 0. The van der Waals surface area contributed by atoms with E-state index in [9.17, 15) is 0 Å². The van der Waals surface area contributed by atoms with E-state index in [-0.39, 0.29) is 0 Å². The molecule has 0 N–H and O–H groups in total. The summed E-state index contributed by atoms with van der Waals surface area (Å²) in [6.45, 7) is 3.44. The van der Waals surface area contributed by atoms with Gasteiger partial charge < -0.3 is 4.74 Å². The predicted molar refractivity (Wildman–Crippen MR) is 87.1 cm³/mol. The van der Waals surface area contributed by atoms with Gasteiger partial charge in [-0.15, -0.1) is 0 Å². The molecular weight excluding hydrogens is 370 g/mol. The number of benzene rings is 1. The number of rotatable bonds is 5. The Bertz CT molecular complexity index is 409. The molecular formula is C15H21Br2NO. The van der Waals surface area contributed by atoms with Gasteiger partial charge in [-0.05, 0) is 55.5 Å². The van der Waals surface area contributed by atoms with E-state index < -0.39 is 0 Å². The second-order valence-corrected chi connectivity index (χ2v) is 6.83. The van der Waals surface area contributed by atoms with E-state index in [1.165, 1.54) is 42.4 Å². The Morgan fingerprint density at radius 3 is 3.00 bits per heavy atom. The first-order chi connectivity index (χ1) is 9.22. The molecule has 0 aliphatic carbocycles. The van der Waals surface area contributed by atoms with Gasteiger partial charge >= 0.3 is 0 Å². The van der Waals surface area contributed by atoms with Gasteiger partial charge in [-0.3, -0.25) is 4.90 Å². The Labute approximate surface area is 132 Å². The SMILES string of the molecule is COc1ccc(Br)c(CN2CCCC(CCBr)C2)c1. The summed E-state index contributed by atoms with van der Waals surface area (Å²) in [6, 6.07) is 6.21. The maximum atomic E-state index is 5.31. The molecule has 0 saturated carbocycles. The Morgan fingerprint density at radius 1 is 1.42 bits per heavy atom. The van der Waals surface area contributed by atoms with E-state index >= 15 is 0 Å². The zero-order valence-corrected chi connectivity index (χ0v) is 14.5. The van der Waals surface area contributed by atoms with Crippen LogP contribution in [0.5, 0.6) is 5.75 Å². The predicted octanol–water partition coefficient (Wildman–Crippen LogP) is 4.45. The lowest BCUT2D eigenvalue weighted by molar-refractivity contribution is 0.165.